The largest absolute Gasteiger partial charge is 0.350 e. The van der Waals surface area contributed by atoms with Gasteiger partial charge >= 0.3 is 0 Å². The zero-order chi connectivity index (χ0) is 26.5. The third-order valence-electron chi connectivity index (χ3n) is 8.01. The Hall–Kier alpha value is -3.30. The van der Waals surface area contributed by atoms with Gasteiger partial charge in [-0.1, -0.05) is 60.9 Å². The van der Waals surface area contributed by atoms with Crippen LogP contribution in [0.4, 0.5) is 0 Å². The number of likely N-dealkylation sites (tertiary alicyclic amines) is 1. The summed E-state index contributed by atoms with van der Waals surface area (Å²) in [6.45, 7) is 0.878. The van der Waals surface area contributed by atoms with Crippen molar-refractivity contribution in [1.82, 2.24) is 30.5 Å². The van der Waals surface area contributed by atoms with Gasteiger partial charge in [0.05, 0.1) is 11.6 Å². The van der Waals surface area contributed by atoms with Gasteiger partial charge in [0.15, 0.2) is 0 Å². The summed E-state index contributed by atoms with van der Waals surface area (Å²) in [5.41, 5.74) is 10.2. The van der Waals surface area contributed by atoms with Crippen molar-refractivity contribution in [2.75, 3.05) is 6.54 Å². The third-order valence-corrected chi connectivity index (χ3v) is 8.01. The van der Waals surface area contributed by atoms with E-state index in [0.717, 1.165) is 41.4 Å². The van der Waals surface area contributed by atoms with Crippen LogP contribution in [0.3, 0.4) is 0 Å². The van der Waals surface area contributed by atoms with Gasteiger partial charge in [-0.25, -0.2) is 4.68 Å². The quantitative estimate of drug-likeness (QED) is 0.401. The van der Waals surface area contributed by atoms with E-state index in [1.54, 1.807) is 9.58 Å². The zero-order valence-electron chi connectivity index (χ0n) is 22.2. The van der Waals surface area contributed by atoms with E-state index in [2.05, 4.69) is 20.9 Å². The van der Waals surface area contributed by atoms with E-state index in [-0.39, 0.29) is 17.9 Å². The van der Waals surface area contributed by atoms with Crippen LogP contribution in [0.15, 0.2) is 48.5 Å². The fourth-order valence-electron chi connectivity index (χ4n) is 5.86. The second-order valence-electron chi connectivity index (χ2n) is 10.8. The molecule has 2 aromatic carbocycles. The van der Waals surface area contributed by atoms with Crippen molar-refractivity contribution in [2.45, 2.75) is 82.1 Å². The zero-order valence-corrected chi connectivity index (χ0v) is 22.2. The maximum absolute atomic E-state index is 13.5. The summed E-state index contributed by atoms with van der Waals surface area (Å²) >= 11 is 0. The van der Waals surface area contributed by atoms with Crippen LogP contribution in [0.5, 0.6) is 0 Å². The van der Waals surface area contributed by atoms with E-state index in [9.17, 15) is 9.59 Å². The van der Waals surface area contributed by atoms with E-state index in [1.165, 1.54) is 19.3 Å². The topological polar surface area (TPSA) is 118 Å². The van der Waals surface area contributed by atoms with Gasteiger partial charge in [0.2, 0.25) is 11.8 Å². The van der Waals surface area contributed by atoms with Crippen LogP contribution in [0.25, 0.3) is 11.0 Å². The lowest BCUT2D eigenvalue weighted by atomic mass is 9.94. The first kappa shape index (κ1) is 26.3. The first-order valence-electron chi connectivity index (χ1n) is 13.9. The minimum atomic E-state index is -0.641. The monoisotopic (exact) mass is 517 g/mol. The minimum absolute atomic E-state index is 0.0927. The molecule has 2 fully saturated rings. The Balaban J connectivity index is 1.24. The van der Waals surface area contributed by atoms with Crippen LogP contribution in [0, 0.1) is 0 Å². The van der Waals surface area contributed by atoms with Crippen molar-refractivity contribution in [3.05, 3.63) is 59.7 Å². The van der Waals surface area contributed by atoms with Crippen molar-refractivity contribution in [1.29, 1.82) is 0 Å². The molecule has 5 rings (SSSR count). The molecule has 38 heavy (non-hydrogen) atoms. The number of nitrogens with zero attached hydrogens (tertiary/aromatic N) is 4. The van der Waals surface area contributed by atoms with Crippen molar-refractivity contribution >= 4 is 22.8 Å². The third kappa shape index (κ3) is 6.22. The van der Waals surface area contributed by atoms with Crippen LogP contribution in [-0.2, 0) is 29.6 Å². The molecule has 1 saturated carbocycles. The van der Waals surface area contributed by atoms with Crippen LogP contribution in [0.2, 0.25) is 0 Å². The number of amides is 2. The molecule has 9 nitrogen and oxygen atoms in total. The molecule has 0 spiro atoms. The van der Waals surface area contributed by atoms with Crippen LogP contribution in [-0.4, -0.2) is 62.4 Å². The smallest absolute Gasteiger partial charge is 0.243 e. The number of fused-ring (bicyclic) bond motifs is 1. The Bertz CT molecular complexity index is 1240. The summed E-state index contributed by atoms with van der Waals surface area (Å²) in [5.74, 6) is -0.282. The van der Waals surface area contributed by atoms with Crippen LogP contribution < -0.4 is 16.4 Å². The summed E-state index contributed by atoms with van der Waals surface area (Å²) in [6, 6.07) is 15.3. The maximum atomic E-state index is 13.5. The molecule has 1 saturated heterocycles. The number of nitrogens with one attached hydrogen (secondary N) is 2. The normalized spacial score (nSPS) is 21.1. The minimum Gasteiger partial charge on any atom is -0.350 e. The van der Waals surface area contributed by atoms with Crippen LogP contribution >= 0.6 is 0 Å². The van der Waals surface area contributed by atoms with Crippen molar-refractivity contribution < 1.29 is 9.59 Å². The second-order valence-corrected chi connectivity index (χ2v) is 10.8. The van der Waals surface area contributed by atoms with E-state index < -0.39 is 12.1 Å². The summed E-state index contributed by atoms with van der Waals surface area (Å²) in [7, 11) is 1.85. The van der Waals surface area contributed by atoms with Crippen molar-refractivity contribution in [3.63, 3.8) is 0 Å². The maximum Gasteiger partial charge on any atom is 0.243 e. The van der Waals surface area contributed by atoms with E-state index in [0.29, 0.717) is 32.0 Å². The Morgan fingerprint density at radius 3 is 2.63 bits per heavy atom. The summed E-state index contributed by atoms with van der Waals surface area (Å²) in [4.78, 5) is 28.7. The highest BCUT2D eigenvalue weighted by Gasteiger charge is 2.41. The van der Waals surface area contributed by atoms with Gasteiger partial charge in [0, 0.05) is 32.2 Å². The standard InChI is InChI=1S/C29H39N7O2/c1-35-26-15-13-21(16-25(26)33-34-35)18-31-28(37)27-17-23(32-22-10-6-3-7-11-22)19-36(27)29(38)24(30)14-12-20-8-4-2-5-9-20/h2,4-5,8-9,13,15-16,22-24,27,32H,3,6-7,10-12,14,17-19,30H2,1H3,(H,31,37). The van der Waals surface area contributed by atoms with Gasteiger partial charge < -0.3 is 21.3 Å². The van der Waals surface area contributed by atoms with Crippen molar-refractivity contribution in [2.24, 2.45) is 12.8 Å². The molecule has 4 N–H and O–H groups in total. The number of aryl methyl sites for hydroxylation is 2. The summed E-state index contributed by atoms with van der Waals surface area (Å²) in [6.07, 6.45) is 7.94. The molecule has 1 aliphatic carbocycles. The highest BCUT2D eigenvalue weighted by molar-refractivity contribution is 5.90. The Kier molecular flexibility index (Phi) is 8.34. The van der Waals surface area contributed by atoms with E-state index in [4.69, 9.17) is 5.73 Å². The lowest BCUT2D eigenvalue weighted by Crippen LogP contribution is -2.51. The SMILES string of the molecule is Cn1nnc2cc(CNC(=O)C3CC(NC4CCCCC4)CN3C(=O)C(N)CCc3ccccc3)ccc21. The molecule has 2 heterocycles. The average Bonchev–Trinajstić information content (AvgIpc) is 3.54. The molecule has 0 bridgehead atoms. The predicted molar refractivity (Wildman–Crippen MR) is 147 cm³/mol. The van der Waals surface area contributed by atoms with Gasteiger partial charge in [0.25, 0.3) is 0 Å². The lowest BCUT2D eigenvalue weighted by molar-refractivity contribution is -0.139. The number of benzene rings is 2. The number of hydrogen-bond donors (Lipinski definition) is 3. The molecular weight excluding hydrogens is 478 g/mol. The number of rotatable bonds is 9. The molecule has 3 unspecified atom stereocenters. The molecular formula is C29H39N7O2. The Morgan fingerprint density at radius 2 is 1.84 bits per heavy atom. The first-order valence-corrected chi connectivity index (χ1v) is 13.9. The van der Waals surface area contributed by atoms with Crippen molar-refractivity contribution in [3.8, 4) is 0 Å². The molecule has 1 aliphatic heterocycles. The highest BCUT2D eigenvalue weighted by Crippen LogP contribution is 2.24. The fourth-order valence-corrected chi connectivity index (χ4v) is 5.86. The molecule has 202 valence electrons. The number of carbonyl (C=O) groups is 2. The Labute approximate surface area is 224 Å². The first-order chi connectivity index (χ1) is 18.5. The molecule has 3 aromatic rings. The predicted octanol–water partition coefficient (Wildman–Crippen LogP) is 2.44. The molecule has 0 radical (unpaired) electrons. The molecule has 1 aromatic heterocycles. The van der Waals surface area contributed by atoms with E-state index in [1.807, 2.05) is 55.6 Å². The average molecular weight is 518 g/mol. The number of hydrogen-bond acceptors (Lipinski definition) is 6. The lowest BCUT2D eigenvalue weighted by Gasteiger charge is -2.27. The van der Waals surface area contributed by atoms with Gasteiger partial charge in [-0.15, -0.1) is 5.10 Å². The van der Waals surface area contributed by atoms with Gasteiger partial charge in [-0.05, 0) is 55.4 Å². The second kappa shape index (κ2) is 12.0. The number of aromatic nitrogens is 3. The molecule has 9 heteroatoms. The summed E-state index contributed by atoms with van der Waals surface area (Å²) in [5, 5.41) is 15.0. The molecule has 2 aliphatic rings. The molecule has 2 amide bonds. The number of carbonyl (C=O) groups excluding carboxylic acids is 2. The number of nitrogens with two attached hydrogens (primary N) is 1. The van der Waals surface area contributed by atoms with Crippen LogP contribution in [0.1, 0.15) is 56.1 Å². The fraction of sp³-hybridized carbons (Fsp3) is 0.517. The van der Waals surface area contributed by atoms with Gasteiger partial charge in [-0.2, -0.15) is 0 Å². The summed E-state index contributed by atoms with van der Waals surface area (Å²) < 4.78 is 1.72. The van der Waals surface area contributed by atoms with Gasteiger partial charge in [0.1, 0.15) is 11.6 Å². The van der Waals surface area contributed by atoms with Gasteiger partial charge in [-0.3, -0.25) is 9.59 Å². The van der Waals surface area contributed by atoms with E-state index >= 15 is 0 Å². The molecule has 3 atom stereocenters. The highest BCUT2D eigenvalue weighted by atomic mass is 16.2. The Morgan fingerprint density at radius 1 is 1.05 bits per heavy atom.